The molecule has 2 N–H and O–H groups in total. The van der Waals surface area contributed by atoms with Gasteiger partial charge in [-0.25, -0.2) is 10.2 Å². The highest BCUT2D eigenvalue weighted by Crippen LogP contribution is 2.46. The minimum atomic E-state index is -0.115. The van der Waals surface area contributed by atoms with E-state index in [0.717, 1.165) is 23.5 Å². The molecule has 0 radical (unpaired) electrons. The van der Waals surface area contributed by atoms with E-state index < -0.39 is 0 Å². The van der Waals surface area contributed by atoms with E-state index in [2.05, 4.69) is 28.5 Å². The summed E-state index contributed by atoms with van der Waals surface area (Å²) in [4.78, 5) is 17.3. The molecule has 0 bridgehead atoms. The average Bonchev–Trinajstić information content (AvgIpc) is 3.53. The molecule has 5 rings (SSSR count). The van der Waals surface area contributed by atoms with Gasteiger partial charge in [0.25, 0.3) is 0 Å². The SMILES string of the molecule is CCN(CC)C(=O)Nn1c(CO)c2c3c(cccc31)[C@H]1CCCN(CC3CC3)[C@@H]1C2. The smallest absolute Gasteiger partial charge is 0.336 e. The summed E-state index contributed by atoms with van der Waals surface area (Å²) in [6.45, 7) is 7.64. The highest BCUT2D eigenvalue weighted by Gasteiger charge is 2.40. The Hall–Kier alpha value is -2.05. The van der Waals surface area contributed by atoms with Crippen molar-refractivity contribution in [1.82, 2.24) is 14.5 Å². The van der Waals surface area contributed by atoms with Crippen LogP contribution in [0.4, 0.5) is 4.79 Å². The number of piperidine rings is 1. The number of urea groups is 1. The average molecular weight is 411 g/mol. The van der Waals surface area contributed by atoms with Crippen molar-refractivity contribution in [1.29, 1.82) is 0 Å². The van der Waals surface area contributed by atoms with Crippen molar-refractivity contribution >= 4 is 16.9 Å². The summed E-state index contributed by atoms with van der Waals surface area (Å²) >= 11 is 0. The van der Waals surface area contributed by atoms with Crippen molar-refractivity contribution in [3.63, 3.8) is 0 Å². The first kappa shape index (κ1) is 19.9. The number of likely N-dealkylation sites (tertiary alicyclic amines) is 1. The van der Waals surface area contributed by atoms with Crippen molar-refractivity contribution in [3.8, 4) is 0 Å². The summed E-state index contributed by atoms with van der Waals surface area (Å²) in [6, 6.07) is 6.87. The highest BCUT2D eigenvalue weighted by molar-refractivity contribution is 5.93. The van der Waals surface area contributed by atoms with E-state index in [1.807, 2.05) is 18.5 Å². The van der Waals surface area contributed by atoms with Crippen molar-refractivity contribution in [2.45, 2.75) is 64.5 Å². The highest BCUT2D eigenvalue weighted by atomic mass is 16.3. The van der Waals surface area contributed by atoms with E-state index >= 15 is 0 Å². The van der Waals surface area contributed by atoms with Crippen molar-refractivity contribution < 1.29 is 9.90 Å². The molecule has 2 atom stereocenters. The van der Waals surface area contributed by atoms with Crippen LogP contribution < -0.4 is 5.43 Å². The third-order valence-electron chi connectivity index (χ3n) is 7.54. The second-order valence-corrected chi connectivity index (χ2v) is 9.21. The summed E-state index contributed by atoms with van der Waals surface area (Å²) < 4.78 is 1.86. The zero-order valence-corrected chi connectivity index (χ0v) is 18.2. The van der Waals surface area contributed by atoms with Crippen LogP contribution in [-0.4, -0.2) is 57.8 Å². The standard InChI is InChI=1S/C24H34N4O2/c1-3-26(4-2)24(30)25-28-20-9-5-7-18-17-8-6-12-27(14-16-10-11-16)21(17)13-19(23(18)20)22(28)15-29/h5,7,9,16-17,21,29H,3-4,6,8,10-15H2,1-2H3,(H,25,30)/t17-,21-/m1/s1. The number of rotatable bonds is 6. The largest absolute Gasteiger partial charge is 0.390 e. The Morgan fingerprint density at radius 2 is 2.03 bits per heavy atom. The van der Waals surface area contributed by atoms with Gasteiger partial charge in [-0.3, -0.25) is 9.58 Å². The molecule has 0 spiro atoms. The molecule has 30 heavy (non-hydrogen) atoms. The third-order valence-corrected chi connectivity index (χ3v) is 7.54. The molecule has 2 amide bonds. The Bertz CT molecular complexity index is 944. The Balaban J connectivity index is 1.57. The second-order valence-electron chi connectivity index (χ2n) is 9.21. The maximum atomic E-state index is 12.8. The number of nitrogens with one attached hydrogen (secondary N) is 1. The summed E-state index contributed by atoms with van der Waals surface area (Å²) in [5.74, 6) is 1.44. The molecule has 2 heterocycles. The fraction of sp³-hybridized carbons (Fsp3) is 0.625. The van der Waals surface area contributed by atoms with Crippen LogP contribution in [0.5, 0.6) is 0 Å². The molecular weight excluding hydrogens is 376 g/mol. The van der Waals surface area contributed by atoms with Crippen LogP contribution >= 0.6 is 0 Å². The zero-order chi connectivity index (χ0) is 20.8. The number of hydrogen-bond acceptors (Lipinski definition) is 3. The van der Waals surface area contributed by atoms with Gasteiger partial charge in [-0.05, 0) is 75.6 Å². The van der Waals surface area contributed by atoms with Crippen molar-refractivity contribution in [2.24, 2.45) is 5.92 Å². The summed E-state index contributed by atoms with van der Waals surface area (Å²) in [5, 5.41) is 11.6. The van der Waals surface area contributed by atoms with Crippen LogP contribution in [0.2, 0.25) is 0 Å². The lowest BCUT2D eigenvalue weighted by molar-refractivity contribution is 0.118. The number of amides is 2. The maximum Gasteiger partial charge on any atom is 0.336 e. The number of hydrogen-bond donors (Lipinski definition) is 2. The summed E-state index contributed by atoms with van der Waals surface area (Å²) in [6.07, 6.45) is 6.21. The molecule has 3 aliphatic rings. The molecule has 1 saturated heterocycles. The number of aliphatic hydroxyl groups is 1. The number of fused-ring (bicyclic) bond motifs is 2. The van der Waals surface area contributed by atoms with Gasteiger partial charge < -0.3 is 10.0 Å². The second kappa shape index (κ2) is 7.89. The zero-order valence-electron chi connectivity index (χ0n) is 18.2. The van der Waals surface area contributed by atoms with Crippen LogP contribution in [0, 0.1) is 5.92 Å². The van der Waals surface area contributed by atoms with Crippen LogP contribution in [0.1, 0.15) is 62.3 Å². The normalized spacial score (nSPS) is 23.4. The molecule has 162 valence electrons. The van der Waals surface area contributed by atoms with E-state index in [9.17, 15) is 9.90 Å². The van der Waals surface area contributed by atoms with E-state index in [-0.39, 0.29) is 12.6 Å². The molecule has 2 aromatic rings. The van der Waals surface area contributed by atoms with Crippen LogP contribution in [0.15, 0.2) is 18.2 Å². The molecule has 1 aromatic heterocycles. The Morgan fingerprint density at radius 3 is 2.73 bits per heavy atom. The molecular formula is C24H34N4O2. The van der Waals surface area contributed by atoms with Crippen LogP contribution in [0.3, 0.4) is 0 Å². The number of aromatic nitrogens is 1. The molecule has 2 aliphatic carbocycles. The molecule has 1 aromatic carbocycles. The number of benzene rings is 1. The number of nitrogens with zero attached hydrogens (tertiary/aromatic N) is 3. The first-order valence-electron chi connectivity index (χ1n) is 11.7. The minimum absolute atomic E-state index is 0.0675. The van der Waals surface area contributed by atoms with Crippen LogP contribution in [0.25, 0.3) is 10.9 Å². The van der Waals surface area contributed by atoms with Gasteiger partial charge in [0, 0.05) is 37.0 Å². The number of aliphatic hydroxyl groups excluding tert-OH is 1. The Morgan fingerprint density at radius 1 is 1.23 bits per heavy atom. The molecule has 1 aliphatic heterocycles. The van der Waals surface area contributed by atoms with Gasteiger partial charge in [0.15, 0.2) is 0 Å². The van der Waals surface area contributed by atoms with Gasteiger partial charge >= 0.3 is 6.03 Å². The van der Waals surface area contributed by atoms with Crippen molar-refractivity contribution in [3.05, 3.63) is 35.0 Å². The van der Waals surface area contributed by atoms with Gasteiger partial charge in [-0.2, -0.15) is 0 Å². The lowest BCUT2D eigenvalue weighted by Crippen LogP contribution is -2.47. The maximum absolute atomic E-state index is 12.8. The molecule has 0 unspecified atom stereocenters. The topological polar surface area (TPSA) is 60.7 Å². The van der Waals surface area contributed by atoms with E-state index in [0.29, 0.717) is 25.0 Å². The fourth-order valence-electron chi connectivity index (χ4n) is 5.83. The van der Waals surface area contributed by atoms with Gasteiger partial charge in [0.1, 0.15) is 0 Å². The van der Waals surface area contributed by atoms with Gasteiger partial charge in [0.05, 0.1) is 17.8 Å². The monoisotopic (exact) mass is 410 g/mol. The van der Waals surface area contributed by atoms with Gasteiger partial charge in [-0.1, -0.05) is 12.1 Å². The van der Waals surface area contributed by atoms with E-state index in [1.165, 1.54) is 55.3 Å². The van der Waals surface area contributed by atoms with Crippen LogP contribution in [-0.2, 0) is 13.0 Å². The van der Waals surface area contributed by atoms with Gasteiger partial charge in [-0.15, -0.1) is 0 Å². The number of carbonyl (C=O) groups excluding carboxylic acids is 1. The predicted molar refractivity (Wildman–Crippen MR) is 119 cm³/mol. The number of carbonyl (C=O) groups is 1. The minimum Gasteiger partial charge on any atom is -0.390 e. The van der Waals surface area contributed by atoms with E-state index in [1.54, 1.807) is 4.90 Å². The summed E-state index contributed by atoms with van der Waals surface area (Å²) in [5.41, 5.74) is 7.58. The van der Waals surface area contributed by atoms with Gasteiger partial charge in [0.2, 0.25) is 0 Å². The predicted octanol–water partition coefficient (Wildman–Crippen LogP) is 3.65. The molecule has 2 fully saturated rings. The van der Waals surface area contributed by atoms with E-state index in [4.69, 9.17) is 0 Å². The van der Waals surface area contributed by atoms with Crippen molar-refractivity contribution in [2.75, 3.05) is 31.6 Å². The summed E-state index contributed by atoms with van der Waals surface area (Å²) in [7, 11) is 0. The third kappa shape index (κ3) is 3.21. The fourth-order valence-corrected chi connectivity index (χ4v) is 5.83. The Labute approximate surface area is 178 Å². The first-order valence-corrected chi connectivity index (χ1v) is 11.7. The molecule has 1 saturated carbocycles. The lowest BCUT2D eigenvalue weighted by atomic mass is 9.74. The Kier molecular flexibility index (Phi) is 5.23. The lowest BCUT2D eigenvalue weighted by Gasteiger charge is -2.44. The quantitative estimate of drug-likeness (QED) is 0.764. The molecule has 6 nitrogen and oxygen atoms in total. The first-order chi connectivity index (χ1) is 14.7. The molecule has 6 heteroatoms.